The molecule has 1 atom stereocenters. The lowest BCUT2D eigenvalue weighted by molar-refractivity contribution is 0.127. The van der Waals surface area contributed by atoms with Gasteiger partial charge in [0.1, 0.15) is 5.75 Å². The van der Waals surface area contributed by atoms with Gasteiger partial charge >= 0.3 is 0 Å². The van der Waals surface area contributed by atoms with Crippen LogP contribution in [0, 0.1) is 5.41 Å². The highest BCUT2D eigenvalue weighted by Gasteiger charge is 2.34. The molecule has 1 heterocycles. The van der Waals surface area contributed by atoms with Gasteiger partial charge in [0.2, 0.25) is 0 Å². The van der Waals surface area contributed by atoms with Crippen LogP contribution in [0.5, 0.6) is 5.75 Å². The van der Waals surface area contributed by atoms with Crippen molar-refractivity contribution in [2.75, 3.05) is 40.5 Å². The number of nitrogens with one attached hydrogen (secondary N) is 2. The Kier molecular flexibility index (Phi) is 10.1. The second-order valence-corrected chi connectivity index (χ2v) is 6.88. The summed E-state index contributed by atoms with van der Waals surface area (Å²) in [6.45, 7) is 3.01. The Morgan fingerprint density at radius 3 is 2.80 bits per heavy atom. The lowest BCUT2D eigenvalue weighted by Gasteiger charge is -2.27. The molecule has 6 nitrogen and oxygen atoms in total. The molecule has 1 unspecified atom stereocenters. The van der Waals surface area contributed by atoms with Crippen molar-refractivity contribution < 1.29 is 14.6 Å². The number of ether oxygens (including phenoxy) is 2. The van der Waals surface area contributed by atoms with Crippen LogP contribution in [0.2, 0.25) is 0 Å². The molecule has 1 aliphatic heterocycles. The van der Waals surface area contributed by atoms with Gasteiger partial charge in [-0.3, -0.25) is 4.99 Å². The van der Waals surface area contributed by atoms with Crippen molar-refractivity contribution in [3.8, 4) is 5.75 Å². The second-order valence-electron chi connectivity index (χ2n) is 6.02. The summed E-state index contributed by atoms with van der Waals surface area (Å²) in [6.07, 6.45) is 1.70. The molecule has 142 valence electrons. The van der Waals surface area contributed by atoms with Crippen molar-refractivity contribution in [2.24, 2.45) is 10.4 Å². The first kappa shape index (κ1) is 22.5. The van der Waals surface area contributed by atoms with Crippen molar-refractivity contribution >= 4 is 45.9 Å². The molecule has 25 heavy (non-hydrogen) atoms. The molecule has 0 radical (unpaired) electrons. The van der Waals surface area contributed by atoms with E-state index in [0.717, 1.165) is 47.7 Å². The van der Waals surface area contributed by atoms with Crippen LogP contribution in [0.4, 0.5) is 0 Å². The minimum Gasteiger partial charge on any atom is -0.496 e. The molecule has 1 aromatic carbocycles. The lowest BCUT2D eigenvalue weighted by atomic mass is 9.84. The zero-order valence-electron chi connectivity index (χ0n) is 14.7. The molecular formula is C17H27BrIN3O3. The number of hydrogen-bond acceptors (Lipinski definition) is 4. The van der Waals surface area contributed by atoms with Crippen LogP contribution < -0.4 is 15.4 Å². The summed E-state index contributed by atoms with van der Waals surface area (Å²) in [5.74, 6) is 1.56. The van der Waals surface area contributed by atoms with Crippen LogP contribution in [0.15, 0.2) is 27.7 Å². The number of benzene rings is 1. The van der Waals surface area contributed by atoms with Crippen molar-refractivity contribution in [1.82, 2.24) is 10.6 Å². The fourth-order valence-corrected chi connectivity index (χ4v) is 3.40. The van der Waals surface area contributed by atoms with Gasteiger partial charge in [-0.25, -0.2) is 0 Å². The Bertz CT molecular complexity index is 566. The van der Waals surface area contributed by atoms with E-state index in [1.807, 2.05) is 18.2 Å². The number of aliphatic hydroxyl groups excluding tert-OH is 1. The highest BCUT2D eigenvalue weighted by Crippen LogP contribution is 2.31. The van der Waals surface area contributed by atoms with Gasteiger partial charge in [0.05, 0.1) is 18.2 Å². The van der Waals surface area contributed by atoms with E-state index in [-0.39, 0.29) is 36.0 Å². The highest BCUT2D eigenvalue weighted by atomic mass is 127. The Balaban J connectivity index is 0.00000312. The van der Waals surface area contributed by atoms with Crippen LogP contribution >= 0.6 is 39.9 Å². The summed E-state index contributed by atoms with van der Waals surface area (Å²) in [4.78, 5) is 4.27. The van der Waals surface area contributed by atoms with Crippen LogP contribution in [0.1, 0.15) is 18.4 Å². The average Bonchev–Trinajstić information content (AvgIpc) is 3.04. The van der Waals surface area contributed by atoms with Crippen LogP contribution in [-0.4, -0.2) is 51.6 Å². The summed E-state index contributed by atoms with van der Waals surface area (Å²) in [6, 6.07) is 5.97. The minimum absolute atomic E-state index is 0. The van der Waals surface area contributed by atoms with Gasteiger partial charge in [-0.2, -0.15) is 0 Å². The van der Waals surface area contributed by atoms with E-state index in [1.54, 1.807) is 14.2 Å². The SMILES string of the molecule is CN=C(NCc1ccc(OC)c(Br)c1)NCC1(CCO)CCOC1.I. The fraction of sp³-hybridized carbons (Fsp3) is 0.588. The maximum Gasteiger partial charge on any atom is 0.191 e. The molecule has 0 spiro atoms. The number of hydrogen-bond donors (Lipinski definition) is 3. The first-order valence-corrected chi connectivity index (χ1v) is 8.87. The molecule has 0 amide bonds. The molecule has 1 aliphatic rings. The molecule has 0 bridgehead atoms. The van der Waals surface area contributed by atoms with E-state index >= 15 is 0 Å². The lowest BCUT2D eigenvalue weighted by Crippen LogP contribution is -2.44. The summed E-state index contributed by atoms with van der Waals surface area (Å²) in [7, 11) is 3.40. The van der Waals surface area contributed by atoms with E-state index in [0.29, 0.717) is 13.2 Å². The van der Waals surface area contributed by atoms with Gasteiger partial charge in [0, 0.05) is 38.8 Å². The molecule has 0 aliphatic carbocycles. The van der Waals surface area contributed by atoms with Gasteiger partial charge in [-0.15, -0.1) is 24.0 Å². The Labute approximate surface area is 174 Å². The molecule has 8 heteroatoms. The summed E-state index contributed by atoms with van der Waals surface area (Å²) >= 11 is 3.49. The quantitative estimate of drug-likeness (QED) is 0.289. The van der Waals surface area contributed by atoms with Gasteiger partial charge in [0.25, 0.3) is 0 Å². The summed E-state index contributed by atoms with van der Waals surface area (Å²) in [5.41, 5.74) is 1.12. The molecule has 0 aromatic heterocycles. The first-order valence-electron chi connectivity index (χ1n) is 8.08. The van der Waals surface area contributed by atoms with E-state index in [1.165, 1.54) is 0 Å². The maximum atomic E-state index is 9.29. The van der Waals surface area contributed by atoms with Crippen LogP contribution in [0.25, 0.3) is 0 Å². The molecule has 1 saturated heterocycles. The Morgan fingerprint density at radius 2 is 2.24 bits per heavy atom. The van der Waals surface area contributed by atoms with E-state index in [9.17, 15) is 5.11 Å². The number of rotatable bonds is 7. The summed E-state index contributed by atoms with van der Waals surface area (Å²) in [5, 5.41) is 16.0. The first-order chi connectivity index (χ1) is 11.6. The monoisotopic (exact) mass is 527 g/mol. The van der Waals surface area contributed by atoms with Gasteiger partial charge in [-0.05, 0) is 46.5 Å². The molecule has 1 aromatic rings. The molecule has 1 fully saturated rings. The number of nitrogens with zero attached hydrogens (tertiary/aromatic N) is 1. The third kappa shape index (κ3) is 6.58. The molecule has 3 N–H and O–H groups in total. The third-order valence-electron chi connectivity index (χ3n) is 4.36. The second kappa shape index (κ2) is 11.2. The standard InChI is InChI=1S/C17H26BrN3O3.HI/c1-19-16(21-11-17(5-7-22)6-8-24-12-17)20-10-13-3-4-15(23-2)14(18)9-13;/h3-4,9,22H,5-8,10-12H2,1-2H3,(H2,19,20,21);1H. The number of aliphatic hydroxyl groups is 1. The smallest absolute Gasteiger partial charge is 0.191 e. The minimum atomic E-state index is -0.00445. The van der Waals surface area contributed by atoms with Crippen molar-refractivity contribution in [3.05, 3.63) is 28.2 Å². The largest absolute Gasteiger partial charge is 0.496 e. The number of guanidine groups is 1. The maximum absolute atomic E-state index is 9.29. The molecular weight excluding hydrogens is 501 g/mol. The molecule has 0 saturated carbocycles. The zero-order chi connectivity index (χ0) is 17.4. The topological polar surface area (TPSA) is 75.1 Å². The highest BCUT2D eigenvalue weighted by molar-refractivity contribution is 14.0. The number of aliphatic imine (C=N–C) groups is 1. The van der Waals surface area contributed by atoms with E-state index in [4.69, 9.17) is 9.47 Å². The molecule has 2 rings (SSSR count). The Hall–Kier alpha value is -0.580. The predicted molar refractivity (Wildman–Crippen MR) is 114 cm³/mol. The zero-order valence-corrected chi connectivity index (χ0v) is 18.6. The summed E-state index contributed by atoms with van der Waals surface area (Å²) < 4.78 is 11.7. The van der Waals surface area contributed by atoms with Crippen molar-refractivity contribution in [1.29, 1.82) is 0 Å². The third-order valence-corrected chi connectivity index (χ3v) is 4.98. The van der Waals surface area contributed by atoms with Gasteiger partial charge in [0.15, 0.2) is 5.96 Å². The number of halogens is 2. The van der Waals surface area contributed by atoms with Crippen molar-refractivity contribution in [3.63, 3.8) is 0 Å². The fourth-order valence-electron chi connectivity index (χ4n) is 2.81. The van der Waals surface area contributed by atoms with Crippen LogP contribution in [0.3, 0.4) is 0 Å². The average molecular weight is 528 g/mol. The van der Waals surface area contributed by atoms with Gasteiger partial charge in [-0.1, -0.05) is 6.07 Å². The van der Waals surface area contributed by atoms with Crippen molar-refractivity contribution in [2.45, 2.75) is 19.4 Å². The normalized spacial score (nSPS) is 20.1. The predicted octanol–water partition coefficient (Wildman–Crippen LogP) is 2.53. The Morgan fingerprint density at radius 1 is 1.44 bits per heavy atom. The van der Waals surface area contributed by atoms with Gasteiger partial charge < -0.3 is 25.2 Å². The van der Waals surface area contributed by atoms with E-state index < -0.39 is 0 Å². The number of methoxy groups -OCH3 is 1. The van der Waals surface area contributed by atoms with Crippen LogP contribution in [-0.2, 0) is 11.3 Å². The van der Waals surface area contributed by atoms with E-state index in [2.05, 4.69) is 31.6 Å².